The molecule has 0 unspecified atom stereocenters. The van der Waals surface area contributed by atoms with E-state index >= 15 is 0 Å². The van der Waals surface area contributed by atoms with Crippen molar-refractivity contribution in [1.29, 1.82) is 0 Å². The molecule has 5 nitrogen and oxygen atoms in total. The number of hydrogen-bond acceptors (Lipinski definition) is 5. The van der Waals surface area contributed by atoms with Crippen molar-refractivity contribution < 1.29 is 9.84 Å². The van der Waals surface area contributed by atoms with E-state index in [9.17, 15) is 5.11 Å². The summed E-state index contributed by atoms with van der Waals surface area (Å²) in [5.41, 5.74) is 0.677. The van der Waals surface area contributed by atoms with E-state index in [-0.39, 0.29) is 6.04 Å². The number of aliphatic hydroxyl groups is 1. The molecule has 0 radical (unpaired) electrons. The van der Waals surface area contributed by atoms with Gasteiger partial charge in [0.15, 0.2) is 5.65 Å². The third-order valence-electron chi connectivity index (χ3n) is 2.89. The number of fused-ring (bicyclic) bond motifs is 1. The van der Waals surface area contributed by atoms with Crippen LogP contribution in [0.2, 0.25) is 0 Å². The van der Waals surface area contributed by atoms with E-state index in [0.717, 1.165) is 9.86 Å². The summed E-state index contributed by atoms with van der Waals surface area (Å²) < 4.78 is 6.11. The van der Waals surface area contributed by atoms with Crippen LogP contribution in [0.1, 0.15) is 0 Å². The van der Waals surface area contributed by atoms with Gasteiger partial charge in [-0.3, -0.25) is 0 Å². The van der Waals surface area contributed by atoms with Crippen molar-refractivity contribution in [3.8, 4) is 0 Å². The molecular weight excluding hydrogens is 298 g/mol. The van der Waals surface area contributed by atoms with Crippen LogP contribution in [0.25, 0.3) is 11.0 Å². The van der Waals surface area contributed by atoms with Gasteiger partial charge < -0.3 is 15.2 Å². The van der Waals surface area contributed by atoms with Crippen LogP contribution in [-0.2, 0) is 4.74 Å². The Balaban J connectivity index is 1.86. The Bertz CT molecular complexity index is 578. The number of rotatable bonds is 2. The van der Waals surface area contributed by atoms with E-state index in [1.807, 2.05) is 18.2 Å². The van der Waals surface area contributed by atoms with Crippen LogP contribution in [0, 0.1) is 0 Å². The van der Waals surface area contributed by atoms with Crippen molar-refractivity contribution >= 4 is 32.8 Å². The Morgan fingerprint density at radius 2 is 2.28 bits per heavy atom. The molecule has 1 saturated heterocycles. The largest absolute Gasteiger partial charge is 0.388 e. The average molecular weight is 310 g/mol. The number of pyridine rings is 2. The van der Waals surface area contributed by atoms with Gasteiger partial charge in [-0.05, 0) is 34.1 Å². The molecule has 1 fully saturated rings. The third kappa shape index (κ3) is 2.31. The Kier molecular flexibility index (Phi) is 3.15. The first-order valence-electron chi connectivity index (χ1n) is 5.67. The van der Waals surface area contributed by atoms with Gasteiger partial charge in [0.1, 0.15) is 5.82 Å². The number of ether oxygens (including phenoxy) is 1. The number of aliphatic hydroxyl groups excluding tert-OH is 1. The van der Waals surface area contributed by atoms with Gasteiger partial charge in [0.25, 0.3) is 0 Å². The van der Waals surface area contributed by atoms with Crippen molar-refractivity contribution in [3.05, 3.63) is 28.9 Å². The first kappa shape index (κ1) is 11.8. The molecular formula is C12H12BrN3O2. The fourth-order valence-electron chi connectivity index (χ4n) is 1.94. The van der Waals surface area contributed by atoms with E-state index in [2.05, 4.69) is 31.2 Å². The standard InChI is InChI=1S/C12H12BrN3O2/c13-8-3-7-1-2-11(16-12(7)14-4-8)15-9-5-18-6-10(9)17/h1-4,9-10,17H,5-6H2,(H,14,15,16)/t9-,10-/m1/s1. The molecule has 2 atom stereocenters. The molecule has 0 aromatic carbocycles. The molecule has 0 bridgehead atoms. The van der Waals surface area contributed by atoms with Gasteiger partial charge in [-0.1, -0.05) is 0 Å². The van der Waals surface area contributed by atoms with E-state index in [1.165, 1.54) is 0 Å². The topological polar surface area (TPSA) is 67.3 Å². The summed E-state index contributed by atoms with van der Waals surface area (Å²) in [5.74, 6) is 0.701. The highest BCUT2D eigenvalue weighted by Gasteiger charge is 2.26. The van der Waals surface area contributed by atoms with Crippen LogP contribution in [0.15, 0.2) is 28.9 Å². The minimum atomic E-state index is -0.486. The van der Waals surface area contributed by atoms with E-state index < -0.39 is 6.10 Å². The van der Waals surface area contributed by atoms with Crippen molar-refractivity contribution in [2.24, 2.45) is 0 Å². The van der Waals surface area contributed by atoms with Crippen LogP contribution < -0.4 is 5.32 Å². The maximum Gasteiger partial charge on any atom is 0.161 e. The van der Waals surface area contributed by atoms with Gasteiger partial charge in [0, 0.05) is 16.1 Å². The molecule has 3 heterocycles. The highest BCUT2D eigenvalue weighted by atomic mass is 79.9. The van der Waals surface area contributed by atoms with E-state index in [4.69, 9.17) is 4.74 Å². The smallest absolute Gasteiger partial charge is 0.161 e. The second-order valence-electron chi connectivity index (χ2n) is 4.25. The lowest BCUT2D eigenvalue weighted by Crippen LogP contribution is -2.32. The molecule has 6 heteroatoms. The van der Waals surface area contributed by atoms with Gasteiger partial charge in [-0.25, -0.2) is 9.97 Å². The van der Waals surface area contributed by atoms with E-state index in [0.29, 0.717) is 24.7 Å². The Morgan fingerprint density at radius 1 is 1.39 bits per heavy atom. The number of nitrogens with one attached hydrogen (secondary N) is 1. The molecule has 0 amide bonds. The van der Waals surface area contributed by atoms with Crippen LogP contribution in [0.5, 0.6) is 0 Å². The van der Waals surface area contributed by atoms with Crippen LogP contribution in [0.4, 0.5) is 5.82 Å². The summed E-state index contributed by atoms with van der Waals surface area (Å²) in [7, 11) is 0. The van der Waals surface area contributed by atoms with Gasteiger partial charge >= 0.3 is 0 Å². The summed E-state index contributed by atoms with van der Waals surface area (Å²) in [4.78, 5) is 8.65. The Labute approximate surface area is 112 Å². The first-order chi connectivity index (χ1) is 8.72. The van der Waals surface area contributed by atoms with Crippen LogP contribution in [0.3, 0.4) is 0 Å². The Morgan fingerprint density at radius 3 is 3.06 bits per heavy atom. The lowest BCUT2D eigenvalue weighted by atomic mass is 10.2. The molecule has 2 aromatic heterocycles. The normalized spacial score (nSPS) is 23.4. The second kappa shape index (κ2) is 4.79. The summed E-state index contributed by atoms with van der Waals surface area (Å²) in [6.07, 6.45) is 1.23. The van der Waals surface area contributed by atoms with Crippen LogP contribution >= 0.6 is 15.9 Å². The Hall–Kier alpha value is -1.24. The molecule has 2 N–H and O–H groups in total. The lowest BCUT2D eigenvalue weighted by molar-refractivity contribution is 0.125. The predicted molar refractivity (Wildman–Crippen MR) is 71.5 cm³/mol. The highest BCUT2D eigenvalue weighted by molar-refractivity contribution is 9.10. The first-order valence-corrected chi connectivity index (χ1v) is 6.46. The minimum absolute atomic E-state index is 0.106. The molecule has 0 saturated carbocycles. The van der Waals surface area contributed by atoms with Crippen molar-refractivity contribution in [2.45, 2.75) is 12.1 Å². The molecule has 2 aromatic rings. The zero-order chi connectivity index (χ0) is 12.5. The molecule has 1 aliphatic rings. The lowest BCUT2D eigenvalue weighted by Gasteiger charge is -2.15. The molecule has 0 aliphatic carbocycles. The predicted octanol–water partition coefficient (Wildman–Crippen LogP) is 1.56. The number of aromatic nitrogens is 2. The average Bonchev–Trinajstić information content (AvgIpc) is 2.75. The van der Waals surface area contributed by atoms with Crippen molar-refractivity contribution in [3.63, 3.8) is 0 Å². The summed E-state index contributed by atoms with van der Waals surface area (Å²) in [6, 6.07) is 5.68. The van der Waals surface area contributed by atoms with Crippen molar-refractivity contribution in [1.82, 2.24) is 9.97 Å². The van der Waals surface area contributed by atoms with E-state index in [1.54, 1.807) is 6.20 Å². The fourth-order valence-corrected chi connectivity index (χ4v) is 2.28. The number of hydrogen-bond donors (Lipinski definition) is 2. The maximum atomic E-state index is 9.66. The quantitative estimate of drug-likeness (QED) is 0.881. The number of halogens is 1. The number of anilines is 1. The minimum Gasteiger partial charge on any atom is -0.388 e. The SMILES string of the molecule is O[C@@H]1COC[C@H]1Nc1ccc2cc(Br)cnc2n1. The fraction of sp³-hybridized carbons (Fsp3) is 0.333. The molecule has 0 spiro atoms. The zero-order valence-corrected chi connectivity index (χ0v) is 11.1. The van der Waals surface area contributed by atoms with Gasteiger partial charge in [0.2, 0.25) is 0 Å². The van der Waals surface area contributed by atoms with Crippen molar-refractivity contribution in [2.75, 3.05) is 18.5 Å². The molecule has 3 rings (SSSR count). The highest BCUT2D eigenvalue weighted by Crippen LogP contribution is 2.19. The van der Waals surface area contributed by atoms with Gasteiger partial charge in [-0.15, -0.1) is 0 Å². The molecule has 1 aliphatic heterocycles. The summed E-state index contributed by atoms with van der Waals surface area (Å²) >= 11 is 3.37. The summed E-state index contributed by atoms with van der Waals surface area (Å²) in [6.45, 7) is 0.866. The number of nitrogens with zero attached hydrogens (tertiary/aromatic N) is 2. The molecule has 94 valence electrons. The molecule has 18 heavy (non-hydrogen) atoms. The zero-order valence-electron chi connectivity index (χ0n) is 9.51. The maximum absolute atomic E-state index is 9.66. The monoisotopic (exact) mass is 309 g/mol. The summed E-state index contributed by atoms with van der Waals surface area (Å²) in [5, 5.41) is 13.8. The van der Waals surface area contributed by atoms with Gasteiger partial charge in [0.05, 0.1) is 25.4 Å². The van der Waals surface area contributed by atoms with Crippen LogP contribution in [-0.4, -0.2) is 40.4 Å². The third-order valence-corrected chi connectivity index (χ3v) is 3.33. The van der Waals surface area contributed by atoms with Gasteiger partial charge in [-0.2, -0.15) is 0 Å². The second-order valence-corrected chi connectivity index (χ2v) is 5.17.